The first-order chi connectivity index (χ1) is 9.25. The number of rotatable bonds is 3. The first-order valence-electron chi connectivity index (χ1n) is 6.94. The Morgan fingerprint density at radius 3 is 2.79 bits per heavy atom. The Bertz CT molecular complexity index is 558. The van der Waals surface area contributed by atoms with E-state index in [4.69, 9.17) is 4.98 Å². The van der Waals surface area contributed by atoms with Gasteiger partial charge in [-0.3, -0.25) is 4.90 Å². The Morgan fingerprint density at radius 2 is 2.05 bits per heavy atom. The van der Waals surface area contributed by atoms with Crippen LogP contribution in [0.15, 0.2) is 24.3 Å². The van der Waals surface area contributed by atoms with Crippen LogP contribution in [0.1, 0.15) is 18.7 Å². The molecule has 0 amide bonds. The van der Waals surface area contributed by atoms with Crippen molar-refractivity contribution >= 4 is 22.8 Å². The minimum absolute atomic E-state index is 0.723. The van der Waals surface area contributed by atoms with Gasteiger partial charge in [-0.1, -0.05) is 12.1 Å². The zero-order valence-corrected chi connectivity index (χ0v) is 12.5. The van der Waals surface area contributed by atoms with Gasteiger partial charge >= 0.3 is 0 Å². The minimum atomic E-state index is 0.723. The standard InChI is InChI=1S/C15H21N3S/c1-17(12-7-9-19-10-8-12)11-15-16-13-5-3-4-6-14(13)18(15)2/h3-6,12H,7-11H2,1-2H3. The third-order valence-corrected chi connectivity index (χ3v) is 5.13. The molecule has 1 aromatic heterocycles. The van der Waals surface area contributed by atoms with Gasteiger partial charge in [-0.05, 0) is 43.5 Å². The third-order valence-electron chi connectivity index (χ3n) is 4.08. The van der Waals surface area contributed by atoms with Crippen LogP contribution in [0.4, 0.5) is 0 Å². The van der Waals surface area contributed by atoms with Gasteiger partial charge in [0.15, 0.2) is 0 Å². The molecule has 1 fully saturated rings. The lowest BCUT2D eigenvalue weighted by molar-refractivity contribution is 0.214. The van der Waals surface area contributed by atoms with Gasteiger partial charge in [0.2, 0.25) is 0 Å². The van der Waals surface area contributed by atoms with E-state index in [1.807, 2.05) is 0 Å². The van der Waals surface area contributed by atoms with Gasteiger partial charge in [0.25, 0.3) is 0 Å². The number of fused-ring (bicyclic) bond motifs is 1. The minimum Gasteiger partial charge on any atom is -0.330 e. The van der Waals surface area contributed by atoms with Crippen LogP contribution in [0, 0.1) is 0 Å². The van der Waals surface area contributed by atoms with Crippen LogP contribution in [0.3, 0.4) is 0 Å². The van der Waals surface area contributed by atoms with Crippen LogP contribution in [0.25, 0.3) is 11.0 Å². The molecule has 0 atom stereocenters. The maximum Gasteiger partial charge on any atom is 0.123 e. The fraction of sp³-hybridized carbons (Fsp3) is 0.533. The monoisotopic (exact) mass is 275 g/mol. The van der Waals surface area contributed by atoms with Crippen LogP contribution in [-0.2, 0) is 13.6 Å². The predicted octanol–water partition coefficient (Wildman–Crippen LogP) is 2.90. The number of benzene rings is 1. The number of nitrogens with zero attached hydrogens (tertiary/aromatic N) is 3. The molecule has 0 aliphatic carbocycles. The lowest BCUT2D eigenvalue weighted by Crippen LogP contribution is -2.34. The lowest BCUT2D eigenvalue weighted by Gasteiger charge is -2.30. The Labute approximate surface area is 119 Å². The summed E-state index contributed by atoms with van der Waals surface area (Å²) in [5.74, 6) is 3.77. The topological polar surface area (TPSA) is 21.1 Å². The van der Waals surface area contributed by atoms with Crippen molar-refractivity contribution in [2.24, 2.45) is 7.05 Å². The zero-order chi connectivity index (χ0) is 13.2. The van der Waals surface area contributed by atoms with Gasteiger partial charge in [-0.2, -0.15) is 11.8 Å². The second kappa shape index (κ2) is 5.55. The molecular formula is C15H21N3S. The van der Waals surface area contributed by atoms with Gasteiger partial charge in [0.05, 0.1) is 17.6 Å². The van der Waals surface area contributed by atoms with Gasteiger partial charge in [0, 0.05) is 13.1 Å². The molecule has 3 nitrogen and oxygen atoms in total. The highest BCUT2D eigenvalue weighted by molar-refractivity contribution is 7.99. The molecule has 2 aromatic rings. The van der Waals surface area contributed by atoms with Crippen LogP contribution in [0.2, 0.25) is 0 Å². The van der Waals surface area contributed by atoms with E-state index in [9.17, 15) is 0 Å². The molecule has 2 heterocycles. The van der Waals surface area contributed by atoms with Crippen LogP contribution < -0.4 is 0 Å². The van der Waals surface area contributed by atoms with E-state index in [0.29, 0.717) is 0 Å². The van der Waals surface area contributed by atoms with Gasteiger partial charge < -0.3 is 4.57 Å². The number of hydrogen-bond donors (Lipinski definition) is 0. The highest BCUT2D eigenvalue weighted by Gasteiger charge is 2.20. The normalized spacial score (nSPS) is 17.4. The Balaban J connectivity index is 1.78. The van der Waals surface area contributed by atoms with Gasteiger partial charge in [-0.15, -0.1) is 0 Å². The molecule has 0 unspecified atom stereocenters. The van der Waals surface area contributed by atoms with E-state index < -0.39 is 0 Å². The highest BCUT2D eigenvalue weighted by Crippen LogP contribution is 2.22. The Kier molecular flexibility index (Phi) is 3.80. The predicted molar refractivity (Wildman–Crippen MR) is 82.5 cm³/mol. The summed E-state index contributed by atoms with van der Waals surface area (Å²) in [7, 11) is 4.36. The van der Waals surface area contributed by atoms with E-state index >= 15 is 0 Å². The number of aryl methyl sites for hydroxylation is 1. The first kappa shape index (κ1) is 13.0. The molecule has 102 valence electrons. The molecule has 1 saturated heterocycles. The average Bonchev–Trinajstić information content (AvgIpc) is 2.77. The molecule has 4 heteroatoms. The molecule has 19 heavy (non-hydrogen) atoms. The zero-order valence-electron chi connectivity index (χ0n) is 11.7. The molecule has 1 aliphatic rings. The van der Waals surface area contributed by atoms with Crippen molar-refractivity contribution in [2.75, 3.05) is 18.6 Å². The molecular weight excluding hydrogens is 254 g/mol. The van der Waals surface area contributed by atoms with Crippen LogP contribution in [-0.4, -0.2) is 39.0 Å². The molecule has 3 rings (SSSR count). The number of para-hydroxylation sites is 2. The second-order valence-electron chi connectivity index (χ2n) is 5.33. The summed E-state index contributed by atoms with van der Waals surface area (Å²) < 4.78 is 2.23. The molecule has 0 saturated carbocycles. The van der Waals surface area contributed by atoms with Crippen molar-refractivity contribution < 1.29 is 0 Å². The number of thioether (sulfide) groups is 1. The third kappa shape index (κ3) is 2.65. The summed E-state index contributed by atoms with van der Waals surface area (Å²) in [5, 5.41) is 0. The fourth-order valence-electron chi connectivity index (χ4n) is 2.81. The molecule has 0 spiro atoms. The Hall–Kier alpha value is -1.000. The number of imidazole rings is 1. The van der Waals surface area contributed by atoms with E-state index in [2.05, 4.69) is 59.6 Å². The van der Waals surface area contributed by atoms with E-state index in [0.717, 1.165) is 18.1 Å². The van der Waals surface area contributed by atoms with Crippen LogP contribution >= 0.6 is 11.8 Å². The quantitative estimate of drug-likeness (QED) is 0.859. The molecule has 0 radical (unpaired) electrons. The van der Waals surface area contributed by atoms with Crippen LogP contribution in [0.5, 0.6) is 0 Å². The molecule has 0 N–H and O–H groups in total. The SMILES string of the molecule is CN(Cc1nc2ccccc2n1C)C1CCSCC1. The first-order valence-corrected chi connectivity index (χ1v) is 8.09. The molecule has 1 aromatic carbocycles. The largest absolute Gasteiger partial charge is 0.330 e. The summed E-state index contributed by atoms with van der Waals surface area (Å²) in [5.41, 5.74) is 2.33. The van der Waals surface area contributed by atoms with Crippen molar-refractivity contribution in [3.05, 3.63) is 30.1 Å². The smallest absolute Gasteiger partial charge is 0.123 e. The van der Waals surface area contributed by atoms with Crippen molar-refractivity contribution in [1.29, 1.82) is 0 Å². The lowest BCUT2D eigenvalue weighted by atomic mass is 10.1. The maximum atomic E-state index is 4.76. The number of hydrogen-bond acceptors (Lipinski definition) is 3. The maximum absolute atomic E-state index is 4.76. The van der Waals surface area contributed by atoms with E-state index in [1.54, 1.807) is 0 Å². The van der Waals surface area contributed by atoms with E-state index in [1.165, 1.54) is 35.7 Å². The number of aromatic nitrogens is 2. The van der Waals surface area contributed by atoms with Gasteiger partial charge in [-0.25, -0.2) is 4.98 Å². The summed E-state index contributed by atoms with van der Waals surface area (Å²) in [6.07, 6.45) is 2.62. The van der Waals surface area contributed by atoms with Crippen molar-refractivity contribution in [1.82, 2.24) is 14.5 Å². The molecule has 1 aliphatic heterocycles. The van der Waals surface area contributed by atoms with E-state index in [-0.39, 0.29) is 0 Å². The summed E-state index contributed by atoms with van der Waals surface area (Å²) >= 11 is 2.08. The summed E-state index contributed by atoms with van der Waals surface area (Å²) in [6.45, 7) is 0.945. The fourth-order valence-corrected chi connectivity index (χ4v) is 3.90. The van der Waals surface area contributed by atoms with Gasteiger partial charge in [0.1, 0.15) is 5.82 Å². The van der Waals surface area contributed by atoms with Crippen molar-refractivity contribution in [2.45, 2.75) is 25.4 Å². The highest BCUT2D eigenvalue weighted by atomic mass is 32.2. The summed E-state index contributed by atoms with van der Waals surface area (Å²) in [6, 6.07) is 9.09. The van der Waals surface area contributed by atoms with Crippen molar-refractivity contribution in [3.8, 4) is 0 Å². The van der Waals surface area contributed by atoms with Crippen molar-refractivity contribution in [3.63, 3.8) is 0 Å². The summed E-state index contributed by atoms with van der Waals surface area (Å²) in [4.78, 5) is 7.24. The molecule has 0 bridgehead atoms. The average molecular weight is 275 g/mol. The Morgan fingerprint density at radius 1 is 1.32 bits per heavy atom. The second-order valence-corrected chi connectivity index (χ2v) is 6.56.